The molecule has 2 heterocycles. The zero-order valence-electron chi connectivity index (χ0n) is 17.6. The fourth-order valence-corrected chi connectivity index (χ4v) is 3.64. The number of amides is 2. The maximum absolute atomic E-state index is 13.0. The van der Waals surface area contributed by atoms with Crippen LogP contribution in [0.5, 0.6) is 0 Å². The Hall–Kier alpha value is -4.00. The number of nitrogens with zero attached hydrogens (tertiary/aromatic N) is 1. The number of benzene rings is 2. The number of carbonyl (C=O) groups is 2. The van der Waals surface area contributed by atoms with Crippen molar-refractivity contribution in [2.75, 3.05) is 0 Å². The third-order valence-corrected chi connectivity index (χ3v) is 5.24. The van der Waals surface area contributed by atoms with Gasteiger partial charge in [0.05, 0.1) is 11.4 Å². The lowest BCUT2D eigenvalue weighted by molar-refractivity contribution is -0.121. The number of aromatic nitrogens is 2. The van der Waals surface area contributed by atoms with E-state index >= 15 is 0 Å². The molecule has 32 heavy (non-hydrogen) atoms. The van der Waals surface area contributed by atoms with Crippen LogP contribution in [0.3, 0.4) is 0 Å². The number of hydrogen-bond acceptors (Lipinski definition) is 3. The zero-order chi connectivity index (χ0) is 22.5. The van der Waals surface area contributed by atoms with Crippen LogP contribution in [0.25, 0.3) is 22.3 Å². The summed E-state index contributed by atoms with van der Waals surface area (Å²) in [7, 11) is 0. The Morgan fingerprint density at radius 3 is 2.59 bits per heavy atom. The first kappa shape index (κ1) is 21.2. The number of fused-ring (bicyclic) bond motifs is 1. The molecule has 0 unspecified atom stereocenters. The number of hydrazine groups is 1. The van der Waals surface area contributed by atoms with Crippen molar-refractivity contribution in [1.82, 2.24) is 20.8 Å². The van der Waals surface area contributed by atoms with Crippen molar-refractivity contribution in [3.63, 3.8) is 0 Å². The van der Waals surface area contributed by atoms with Gasteiger partial charge in [-0.25, -0.2) is 4.39 Å². The lowest BCUT2D eigenvalue weighted by Gasteiger charge is -2.08. The number of carbonyl (C=O) groups excluding carboxylic acids is 2. The van der Waals surface area contributed by atoms with Crippen molar-refractivity contribution < 1.29 is 14.0 Å². The summed E-state index contributed by atoms with van der Waals surface area (Å²) in [6.07, 6.45) is 3.27. The van der Waals surface area contributed by atoms with E-state index in [0.29, 0.717) is 12.8 Å². The number of H-pyrrole nitrogens is 1. The first-order valence-corrected chi connectivity index (χ1v) is 10.4. The van der Waals surface area contributed by atoms with Crippen LogP contribution < -0.4 is 10.9 Å². The Kier molecular flexibility index (Phi) is 6.26. The van der Waals surface area contributed by atoms with E-state index in [1.807, 2.05) is 25.1 Å². The topological polar surface area (TPSA) is 86.9 Å². The SMILES string of the molecule is Cc1ccc2[nH]c(-c3ccccn3)c(CCCC(=O)NNC(=O)c3ccc(F)cc3)c2c1. The fraction of sp³-hybridized carbons (Fsp3) is 0.160. The fourth-order valence-electron chi connectivity index (χ4n) is 3.64. The first-order chi connectivity index (χ1) is 15.5. The number of nitrogens with one attached hydrogen (secondary N) is 3. The Bertz CT molecular complexity index is 1250. The Morgan fingerprint density at radius 2 is 1.84 bits per heavy atom. The van der Waals surface area contributed by atoms with Gasteiger partial charge in [0.15, 0.2) is 0 Å². The van der Waals surface area contributed by atoms with Gasteiger partial charge in [-0.3, -0.25) is 25.4 Å². The molecule has 7 heteroatoms. The van der Waals surface area contributed by atoms with Gasteiger partial charge in [-0.2, -0.15) is 0 Å². The second-order valence-corrected chi connectivity index (χ2v) is 7.61. The van der Waals surface area contributed by atoms with Crippen LogP contribution in [0.4, 0.5) is 4.39 Å². The molecule has 2 aromatic heterocycles. The minimum atomic E-state index is -0.497. The highest BCUT2D eigenvalue weighted by atomic mass is 19.1. The highest BCUT2D eigenvalue weighted by molar-refractivity contribution is 5.95. The van der Waals surface area contributed by atoms with Crippen LogP contribution >= 0.6 is 0 Å². The standard InChI is InChI=1S/C25H23FN4O2/c1-16-8-13-21-20(15-16)19(24(28-21)22-6-2-3-14-27-22)5-4-7-23(31)29-30-25(32)17-9-11-18(26)12-10-17/h2-3,6,8-15,28H,4-5,7H2,1H3,(H,29,31)(H,30,32). The Balaban J connectivity index is 1.40. The molecule has 2 aromatic carbocycles. The number of halogens is 1. The number of hydrogen-bond donors (Lipinski definition) is 3. The lowest BCUT2D eigenvalue weighted by Crippen LogP contribution is -2.41. The van der Waals surface area contributed by atoms with E-state index in [0.717, 1.165) is 33.4 Å². The normalized spacial score (nSPS) is 10.8. The van der Waals surface area contributed by atoms with Crippen LogP contribution in [-0.4, -0.2) is 21.8 Å². The smallest absolute Gasteiger partial charge is 0.269 e. The Labute approximate surface area is 184 Å². The second-order valence-electron chi connectivity index (χ2n) is 7.61. The summed E-state index contributed by atoms with van der Waals surface area (Å²) in [6.45, 7) is 2.05. The summed E-state index contributed by atoms with van der Waals surface area (Å²) >= 11 is 0. The molecule has 4 aromatic rings. The van der Waals surface area contributed by atoms with Gasteiger partial charge < -0.3 is 4.98 Å². The zero-order valence-corrected chi connectivity index (χ0v) is 17.6. The van der Waals surface area contributed by atoms with Crippen molar-refractivity contribution in [3.05, 3.63) is 89.4 Å². The van der Waals surface area contributed by atoms with Crippen LogP contribution in [0.2, 0.25) is 0 Å². The van der Waals surface area contributed by atoms with Crippen molar-refractivity contribution in [3.8, 4) is 11.4 Å². The molecular formula is C25H23FN4O2. The number of pyridine rings is 1. The van der Waals surface area contributed by atoms with Gasteiger partial charge in [-0.1, -0.05) is 17.7 Å². The third kappa shape index (κ3) is 4.83. The van der Waals surface area contributed by atoms with E-state index in [-0.39, 0.29) is 17.9 Å². The number of rotatable bonds is 6. The molecule has 0 atom stereocenters. The molecule has 0 aliphatic carbocycles. The first-order valence-electron chi connectivity index (χ1n) is 10.4. The quantitative estimate of drug-likeness (QED) is 0.395. The van der Waals surface area contributed by atoms with E-state index in [9.17, 15) is 14.0 Å². The number of aryl methyl sites for hydroxylation is 2. The van der Waals surface area contributed by atoms with Crippen LogP contribution in [0, 0.1) is 12.7 Å². The number of aromatic amines is 1. The maximum Gasteiger partial charge on any atom is 0.269 e. The summed E-state index contributed by atoms with van der Waals surface area (Å²) in [5.74, 6) is -1.22. The van der Waals surface area contributed by atoms with Gasteiger partial charge >= 0.3 is 0 Å². The molecule has 6 nitrogen and oxygen atoms in total. The van der Waals surface area contributed by atoms with Gasteiger partial charge in [0.2, 0.25) is 5.91 Å². The van der Waals surface area contributed by atoms with E-state index in [4.69, 9.17) is 0 Å². The maximum atomic E-state index is 13.0. The molecule has 0 aliphatic rings. The van der Waals surface area contributed by atoms with Crippen LogP contribution in [0.1, 0.15) is 34.3 Å². The molecule has 0 saturated heterocycles. The highest BCUT2D eigenvalue weighted by Crippen LogP contribution is 2.31. The van der Waals surface area contributed by atoms with Crippen LogP contribution in [0.15, 0.2) is 66.9 Å². The van der Waals surface area contributed by atoms with Crippen molar-refractivity contribution in [1.29, 1.82) is 0 Å². The van der Waals surface area contributed by atoms with Gasteiger partial charge in [-0.15, -0.1) is 0 Å². The summed E-state index contributed by atoms with van der Waals surface area (Å²) in [5.41, 5.74) is 10.2. The highest BCUT2D eigenvalue weighted by Gasteiger charge is 2.15. The molecule has 0 fully saturated rings. The molecule has 0 spiro atoms. The third-order valence-electron chi connectivity index (χ3n) is 5.24. The molecule has 0 bridgehead atoms. The average Bonchev–Trinajstić information content (AvgIpc) is 3.16. The van der Waals surface area contributed by atoms with Gasteiger partial charge in [0.25, 0.3) is 5.91 Å². The summed E-state index contributed by atoms with van der Waals surface area (Å²) in [5, 5.41) is 1.12. The molecular weight excluding hydrogens is 407 g/mol. The van der Waals surface area contributed by atoms with Crippen molar-refractivity contribution in [2.45, 2.75) is 26.2 Å². The largest absolute Gasteiger partial charge is 0.353 e. The molecule has 3 N–H and O–H groups in total. The predicted molar refractivity (Wildman–Crippen MR) is 121 cm³/mol. The predicted octanol–water partition coefficient (Wildman–Crippen LogP) is 4.46. The molecule has 0 radical (unpaired) electrons. The van der Waals surface area contributed by atoms with Gasteiger partial charge in [-0.05, 0) is 73.9 Å². The van der Waals surface area contributed by atoms with Gasteiger partial charge in [0, 0.05) is 29.1 Å². The van der Waals surface area contributed by atoms with E-state index < -0.39 is 11.7 Å². The van der Waals surface area contributed by atoms with Gasteiger partial charge in [0.1, 0.15) is 5.82 Å². The monoisotopic (exact) mass is 430 g/mol. The summed E-state index contributed by atoms with van der Waals surface area (Å²) in [4.78, 5) is 32.2. The van der Waals surface area contributed by atoms with E-state index in [1.54, 1.807) is 6.20 Å². The minimum absolute atomic E-state index is 0.240. The molecule has 0 aliphatic heterocycles. The van der Waals surface area contributed by atoms with Crippen LogP contribution in [-0.2, 0) is 11.2 Å². The van der Waals surface area contributed by atoms with E-state index in [2.05, 4.69) is 39.0 Å². The molecule has 162 valence electrons. The average molecular weight is 430 g/mol. The summed E-state index contributed by atoms with van der Waals surface area (Å²) in [6, 6.07) is 17.1. The van der Waals surface area contributed by atoms with E-state index in [1.165, 1.54) is 24.3 Å². The molecule has 0 saturated carbocycles. The Morgan fingerprint density at radius 1 is 1.03 bits per heavy atom. The minimum Gasteiger partial charge on any atom is -0.353 e. The van der Waals surface area contributed by atoms with Crippen molar-refractivity contribution in [2.24, 2.45) is 0 Å². The lowest BCUT2D eigenvalue weighted by atomic mass is 10.0. The molecule has 4 rings (SSSR count). The van der Waals surface area contributed by atoms with Crippen molar-refractivity contribution >= 4 is 22.7 Å². The second kappa shape index (κ2) is 9.43. The molecule has 2 amide bonds. The summed E-state index contributed by atoms with van der Waals surface area (Å²) < 4.78 is 13.0.